The Bertz CT molecular complexity index is 477. The van der Waals surface area contributed by atoms with Gasteiger partial charge in [-0.2, -0.15) is 9.64 Å². The van der Waals surface area contributed by atoms with Crippen LogP contribution in [0.15, 0.2) is 0 Å². The molecule has 3 heterocycles. The summed E-state index contributed by atoms with van der Waals surface area (Å²) < 4.78 is 4.12. The summed E-state index contributed by atoms with van der Waals surface area (Å²) >= 11 is 1.36. The number of hydrogen-bond acceptors (Lipinski definition) is 6. The van der Waals surface area contributed by atoms with Crippen LogP contribution in [0, 0.1) is 11.3 Å². The zero-order chi connectivity index (χ0) is 12.5. The molecule has 1 atom stereocenters. The maximum Gasteiger partial charge on any atom is 0.157 e. The van der Waals surface area contributed by atoms with E-state index in [1.807, 2.05) is 0 Å². The van der Waals surface area contributed by atoms with Crippen LogP contribution in [-0.2, 0) is 0 Å². The van der Waals surface area contributed by atoms with E-state index in [1.165, 1.54) is 37.5 Å². The lowest BCUT2D eigenvalue weighted by Crippen LogP contribution is -2.36. The van der Waals surface area contributed by atoms with Crippen LogP contribution in [0.25, 0.3) is 0 Å². The van der Waals surface area contributed by atoms with E-state index < -0.39 is 0 Å². The number of nitrogens with zero attached hydrogens (tertiary/aromatic N) is 4. The molecule has 0 bridgehead atoms. The first kappa shape index (κ1) is 11.8. The first-order chi connectivity index (χ1) is 8.79. The van der Waals surface area contributed by atoms with Crippen LogP contribution in [0.1, 0.15) is 24.8 Å². The van der Waals surface area contributed by atoms with E-state index in [2.05, 4.69) is 20.2 Å². The molecule has 1 aromatic heterocycles. The summed E-state index contributed by atoms with van der Waals surface area (Å²) in [5.74, 6) is 0.380. The maximum absolute atomic E-state index is 9.18. The molecule has 6 heteroatoms. The largest absolute Gasteiger partial charge is 0.382 e. The van der Waals surface area contributed by atoms with Gasteiger partial charge in [0, 0.05) is 25.7 Å². The zero-order valence-corrected chi connectivity index (χ0v) is 11.1. The van der Waals surface area contributed by atoms with Crippen molar-refractivity contribution in [3.05, 3.63) is 5.56 Å². The third kappa shape index (κ3) is 1.93. The predicted octanol–water partition coefficient (Wildman–Crippen LogP) is 1.27. The minimum atomic E-state index is 0.380. The highest BCUT2D eigenvalue weighted by Gasteiger charge is 2.30. The van der Waals surface area contributed by atoms with Gasteiger partial charge < -0.3 is 10.6 Å². The van der Waals surface area contributed by atoms with Gasteiger partial charge in [0.05, 0.1) is 0 Å². The summed E-state index contributed by atoms with van der Waals surface area (Å²) in [5, 5.41) is 10.1. The highest BCUT2D eigenvalue weighted by atomic mass is 32.1. The molecule has 18 heavy (non-hydrogen) atoms. The van der Waals surface area contributed by atoms with E-state index in [9.17, 15) is 5.26 Å². The van der Waals surface area contributed by atoms with Gasteiger partial charge >= 0.3 is 0 Å². The number of fused-ring (bicyclic) bond motifs is 1. The molecule has 3 rings (SSSR count). The lowest BCUT2D eigenvalue weighted by Gasteiger charge is -2.25. The van der Waals surface area contributed by atoms with Crippen LogP contribution >= 0.6 is 11.5 Å². The molecule has 2 aliphatic heterocycles. The number of nitriles is 1. The van der Waals surface area contributed by atoms with Gasteiger partial charge in [0.1, 0.15) is 16.6 Å². The average Bonchev–Trinajstić information content (AvgIpc) is 2.90. The molecule has 2 saturated heterocycles. The van der Waals surface area contributed by atoms with Gasteiger partial charge in [0.2, 0.25) is 0 Å². The molecule has 2 N–H and O–H groups in total. The molecular formula is C12H17N5S. The highest BCUT2D eigenvalue weighted by Crippen LogP contribution is 2.32. The Balaban J connectivity index is 1.85. The second kappa shape index (κ2) is 4.75. The van der Waals surface area contributed by atoms with Crippen LogP contribution in [-0.4, -0.2) is 41.5 Å². The first-order valence-corrected chi connectivity index (χ1v) is 7.21. The Morgan fingerprint density at radius 2 is 2.17 bits per heavy atom. The Morgan fingerprint density at radius 3 is 3.00 bits per heavy atom. The topological polar surface area (TPSA) is 69.2 Å². The van der Waals surface area contributed by atoms with Crippen LogP contribution in [0.3, 0.4) is 0 Å². The molecule has 0 saturated carbocycles. The van der Waals surface area contributed by atoms with Crippen LogP contribution in [0.5, 0.6) is 0 Å². The standard InChI is InChI=1S/C12H17N5S/c13-7-10-11(14)15-18-12(10)17-6-2-5-16-4-1-3-9(16)8-17/h9H,1-6,8H2,(H2,14,15). The van der Waals surface area contributed by atoms with Gasteiger partial charge in [0.25, 0.3) is 0 Å². The van der Waals surface area contributed by atoms with E-state index in [0.717, 1.165) is 24.5 Å². The molecule has 5 nitrogen and oxygen atoms in total. The second-order valence-corrected chi connectivity index (χ2v) is 5.74. The summed E-state index contributed by atoms with van der Waals surface area (Å²) in [7, 11) is 0. The number of anilines is 2. The molecule has 2 fully saturated rings. The van der Waals surface area contributed by atoms with Crippen LogP contribution in [0.4, 0.5) is 10.8 Å². The third-order valence-electron chi connectivity index (χ3n) is 3.90. The lowest BCUT2D eigenvalue weighted by molar-refractivity contribution is 0.273. The molecule has 0 spiro atoms. The molecule has 0 aliphatic carbocycles. The van der Waals surface area contributed by atoms with Crippen molar-refractivity contribution >= 4 is 22.4 Å². The van der Waals surface area contributed by atoms with Crippen molar-refractivity contribution in [3.8, 4) is 6.07 Å². The minimum absolute atomic E-state index is 0.380. The van der Waals surface area contributed by atoms with Gasteiger partial charge in [0.15, 0.2) is 5.82 Å². The van der Waals surface area contributed by atoms with Crippen molar-refractivity contribution in [1.29, 1.82) is 5.26 Å². The quantitative estimate of drug-likeness (QED) is 0.826. The number of nitrogen functional groups attached to an aromatic ring is 1. The summed E-state index contributed by atoms with van der Waals surface area (Å²) in [6.45, 7) is 4.42. The predicted molar refractivity (Wildman–Crippen MR) is 72.7 cm³/mol. The van der Waals surface area contributed by atoms with Gasteiger partial charge in [-0.1, -0.05) is 0 Å². The second-order valence-electron chi connectivity index (χ2n) is 4.99. The van der Waals surface area contributed by atoms with Crippen LogP contribution in [0.2, 0.25) is 0 Å². The first-order valence-electron chi connectivity index (χ1n) is 6.44. The summed E-state index contributed by atoms with van der Waals surface area (Å²) in [6, 6.07) is 2.83. The molecular weight excluding hydrogens is 246 g/mol. The number of rotatable bonds is 1. The fourth-order valence-electron chi connectivity index (χ4n) is 3.01. The van der Waals surface area contributed by atoms with Crippen molar-refractivity contribution in [1.82, 2.24) is 9.27 Å². The SMILES string of the molecule is N#Cc1c(N)nsc1N1CCCN2CCCC2C1. The molecule has 1 aromatic rings. The fraction of sp³-hybridized carbons (Fsp3) is 0.667. The smallest absolute Gasteiger partial charge is 0.157 e. The van der Waals surface area contributed by atoms with Gasteiger partial charge in [-0.05, 0) is 37.3 Å². The monoisotopic (exact) mass is 263 g/mol. The molecule has 96 valence electrons. The molecule has 2 aliphatic rings. The Kier molecular flexibility index (Phi) is 3.10. The Hall–Kier alpha value is -1.32. The van der Waals surface area contributed by atoms with Gasteiger partial charge in [-0.3, -0.25) is 4.90 Å². The van der Waals surface area contributed by atoms with E-state index in [0.29, 0.717) is 17.4 Å². The van der Waals surface area contributed by atoms with Crippen molar-refractivity contribution < 1.29 is 0 Å². The van der Waals surface area contributed by atoms with Crippen molar-refractivity contribution in [2.24, 2.45) is 0 Å². The van der Waals surface area contributed by atoms with Crippen molar-refractivity contribution in [2.75, 3.05) is 36.8 Å². The lowest BCUT2D eigenvalue weighted by atomic mass is 10.2. The van der Waals surface area contributed by atoms with E-state index in [4.69, 9.17) is 5.73 Å². The van der Waals surface area contributed by atoms with E-state index in [-0.39, 0.29) is 0 Å². The van der Waals surface area contributed by atoms with E-state index >= 15 is 0 Å². The summed E-state index contributed by atoms with van der Waals surface area (Å²) in [5.41, 5.74) is 6.31. The molecule has 0 amide bonds. The Labute approximate surface area is 111 Å². The van der Waals surface area contributed by atoms with Crippen molar-refractivity contribution in [3.63, 3.8) is 0 Å². The third-order valence-corrected chi connectivity index (χ3v) is 4.83. The summed E-state index contributed by atoms with van der Waals surface area (Å²) in [4.78, 5) is 4.89. The normalized spacial score (nSPS) is 24.6. The Morgan fingerprint density at radius 1 is 1.33 bits per heavy atom. The van der Waals surface area contributed by atoms with Gasteiger partial charge in [-0.25, -0.2) is 0 Å². The number of hydrogen-bond donors (Lipinski definition) is 1. The van der Waals surface area contributed by atoms with Gasteiger partial charge in [-0.15, -0.1) is 0 Å². The number of aromatic nitrogens is 1. The van der Waals surface area contributed by atoms with E-state index in [1.54, 1.807) is 0 Å². The average molecular weight is 263 g/mol. The molecule has 0 aromatic carbocycles. The fourth-order valence-corrected chi connectivity index (χ4v) is 3.80. The summed E-state index contributed by atoms with van der Waals surface area (Å²) in [6.07, 6.45) is 3.72. The number of nitrogens with two attached hydrogens (primary N) is 1. The minimum Gasteiger partial charge on any atom is -0.382 e. The van der Waals surface area contributed by atoms with Crippen molar-refractivity contribution in [2.45, 2.75) is 25.3 Å². The highest BCUT2D eigenvalue weighted by molar-refractivity contribution is 7.10. The molecule has 0 radical (unpaired) electrons. The zero-order valence-electron chi connectivity index (χ0n) is 10.3. The maximum atomic E-state index is 9.18. The van der Waals surface area contributed by atoms with Crippen LogP contribution < -0.4 is 10.6 Å². The molecule has 1 unspecified atom stereocenters.